The van der Waals surface area contributed by atoms with Crippen molar-refractivity contribution in [3.05, 3.63) is 106 Å². The maximum Gasteiger partial charge on any atom is 0.254 e. The molecule has 1 N–H and O–H groups in total. The van der Waals surface area contributed by atoms with Gasteiger partial charge in [-0.3, -0.25) is 4.79 Å². The summed E-state index contributed by atoms with van der Waals surface area (Å²) >= 11 is 3.42. The fourth-order valence-electron chi connectivity index (χ4n) is 3.86. The highest BCUT2D eigenvalue weighted by Gasteiger charge is 2.17. The van der Waals surface area contributed by atoms with Crippen LogP contribution in [0.15, 0.2) is 83.7 Å². The summed E-state index contributed by atoms with van der Waals surface area (Å²) in [5, 5.41) is 7.24. The molecule has 2 aromatic carbocycles. The number of rotatable bonds is 5. The molecule has 5 rings (SSSR count). The second-order valence-electron chi connectivity index (χ2n) is 7.80. The highest BCUT2D eigenvalue weighted by atomic mass is 79.9. The topological polar surface area (TPSA) is 63.1 Å². The van der Waals surface area contributed by atoms with Gasteiger partial charge in [-0.05, 0) is 53.4 Å². The summed E-state index contributed by atoms with van der Waals surface area (Å²) in [5.41, 5.74) is 5.16. The van der Waals surface area contributed by atoms with Crippen molar-refractivity contribution in [1.82, 2.24) is 20.1 Å². The number of carbonyl (C=O) groups excluding carboxylic acids is 1. The van der Waals surface area contributed by atoms with Crippen LogP contribution in [0.3, 0.4) is 0 Å². The number of hydrogen-bond acceptors (Lipinski definition) is 4. The predicted octanol–water partition coefficient (Wildman–Crippen LogP) is 4.52. The number of pyridine rings is 1. The minimum absolute atomic E-state index is 0.162. The van der Waals surface area contributed by atoms with Crippen LogP contribution in [0.1, 0.15) is 27.0 Å². The number of aromatic nitrogens is 3. The molecule has 0 fully saturated rings. The average Bonchev–Trinajstić information content (AvgIpc) is 3.33. The summed E-state index contributed by atoms with van der Waals surface area (Å²) in [6.45, 7) is 2.25. The first-order valence-electron chi connectivity index (χ1n) is 10.5. The maximum absolute atomic E-state index is 12.5. The highest BCUT2D eigenvalue weighted by Crippen LogP contribution is 2.23. The summed E-state index contributed by atoms with van der Waals surface area (Å²) in [7, 11) is 0. The normalized spacial score (nSPS) is 13.0. The third-order valence-electron chi connectivity index (χ3n) is 5.65. The summed E-state index contributed by atoms with van der Waals surface area (Å²) in [5.74, 6) is 0.801. The van der Waals surface area contributed by atoms with Crippen molar-refractivity contribution in [2.75, 3.05) is 11.4 Å². The molecule has 32 heavy (non-hydrogen) atoms. The lowest BCUT2D eigenvalue weighted by Crippen LogP contribution is -2.31. The van der Waals surface area contributed by atoms with Gasteiger partial charge in [0.1, 0.15) is 5.82 Å². The van der Waals surface area contributed by atoms with Gasteiger partial charge < -0.3 is 10.2 Å². The Hall–Kier alpha value is -3.45. The Labute approximate surface area is 195 Å². The molecule has 0 unspecified atom stereocenters. The zero-order chi connectivity index (χ0) is 21.9. The van der Waals surface area contributed by atoms with Gasteiger partial charge in [0, 0.05) is 36.5 Å². The zero-order valence-electron chi connectivity index (χ0n) is 17.4. The molecule has 2 aromatic heterocycles. The van der Waals surface area contributed by atoms with Gasteiger partial charge in [-0.15, -0.1) is 0 Å². The molecule has 7 heteroatoms. The average molecular weight is 488 g/mol. The molecule has 1 amide bonds. The molecule has 0 saturated heterocycles. The molecule has 3 heterocycles. The van der Waals surface area contributed by atoms with Crippen LogP contribution in [0, 0.1) is 0 Å². The van der Waals surface area contributed by atoms with Crippen LogP contribution in [0.2, 0.25) is 0 Å². The lowest BCUT2D eigenvalue weighted by Gasteiger charge is -2.29. The SMILES string of the molecule is O=C(NCc1ccc(N2CCc3ccccc3C2)nc1)c1cnn(-c2ccc(Br)cc2)c1. The van der Waals surface area contributed by atoms with Gasteiger partial charge in [-0.1, -0.05) is 46.3 Å². The van der Waals surface area contributed by atoms with Crippen LogP contribution in [0.25, 0.3) is 5.69 Å². The minimum Gasteiger partial charge on any atom is -0.352 e. The lowest BCUT2D eigenvalue weighted by molar-refractivity contribution is 0.0951. The van der Waals surface area contributed by atoms with Crippen molar-refractivity contribution in [3.8, 4) is 5.69 Å². The van der Waals surface area contributed by atoms with Crippen LogP contribution in [-0.4, -0.2) is 27.2 Å². The van der Waals surface area contributed by atoms with E-state index in [1.807, 2.05) is 42.6 Å². The van der Waals surface area contributed by atoms with Crippen molar-refractivity contribution in [2.24, 2.45) is 0 Å². The van der Waals surface area contributed by atoms with Gasteiger partial charge in [0.25, 0.3) is 5.91 Å². The van der Waals surface area contributed by atoms with E-state index in [2.05, 4.69) is 60.5 Å². The standard InChI is InChI=1S/C25H22BrN5O/c26-22-6-8-23(9-7-22)31-17-21(15-29-31)25(32)28-14-18-5-10-24(27-13-18)30-12-11-19-3-1-2-4-20(19)16-30/h1-10,13,15,17H,11-12,14,16H2,(H,28,32). The molecular formula is C25H22BrN5O. The molecule has 6 nitrogen and oxygen atoms in total. The minimum atomic E-state index is -0.162. The maximum atomic E-state index is 12.5. The first kappa shape index (κ1) is 20.5. The fourth-order valence-corrected chi connectivity index (χ4v) is 4.12. The van der Waals surface area contributed by atoms with Crippen molar-refractivity contribution in [2.45, 2.75) is 19.5 Å². The van der Waals surface area contributed by atoms with Crippen molar-refractivity contribution in [1.29, 1.82) is 0 Å². The van der Waals surface area contributed by atoms with E-state index in [4.69, 9.17) is 0 Å². The zero-order valence-corrected chi connectivity index (χ0v) is 19.0. The largest absolute Gasteiger partial charge is 0.352 e. The van der Waals surface area contributed by atoms with Gasteiger partial charge in [0.15, 0.2) is 0 Å². The first-order chi connectivity index (χ1) is 15.7. The van der Waals surface area contributed by atoms with E-state index < -0.39 is 0 Å². The highest BCUT2D eigenvalue weighted by molar-refractivity contribution is 9.10. The van der Waals surface area contributed by atoms with Gasteiger partial charge in [0.2, 0.25) is 0 Å². The number of hydrogen-bond donors (Lipinski definition) is 1. The van der Waals surface area contributed by atoms with Crippen molar-refractivity contribution in [3.63, 3.8) is 0 Å². The number of nitrogens with one attached hydrogen (secondary N) is 1. The number of amides is 1. The number of benzene rings is 2. The summed E-state index contributed by atoms with van der Waals surface area (Å²) in [6.07, 6.45) is 6.17. The Morgan fingerprint density at radius 3 is 2.59 bits per heavy atom. The molecular weight excluding hydrogens is 466 g/mol. The smallest absolute Gasteiger partial charge is 0.254 e. The van der Waals surface area contributed by atoms with Crippen molar-refractivity contribution >= 4 is 27.7 Å². The van der Waals surface area contributed by atoms with Gasteiger partial charge in [-0.25, -0.2) is 9.67 Å². The third-order valence-corrected chi connectivity index (χ3v) is 6.18. The van der Waals surface area contributed by atoms with E-state index in [1.54, 1.807) is 17.1 Å². The number of nitrogens with zero attached hydrogens (tertiary/aromatic N) is 4. The Balaban J connectivity index is 1.19. The monoisotopic (exact) mass is 487 g/mol. The second kappa shape index (κ2) is 8.96. The second-order valence-corrected chi connectivity index (χ2v) is 8.71. The molecule has 160 valence electrons. The third kappa shape index (κ3) is 4.43. The van der Waals surface area contributed by atoms with Crippen LogP contribution in [0.4, 0.5) is 5.82 Å². The number of anilines is 1. The molecule has 0 radical (unpaired) electrons. The van der Waals surface area contributed by atoms with Crippen LogP contribution < -0.4 is 10.2 Å². The van der Waals surface area contributed by atoms with Crippen LogP contribution in [-0.2, 0) is 19.5 Å². The molecule has 0 saturated carbocycles. The van der Waals surface area contributed by atoms with E-state index in [1.165, 1.54) is 11.1 Å². The van der Waals surface area contributed by atoms with Gasteiger partial charge >= 0.3 is 0 Å². The Bertz CT molecular complexity index is 1230. The van der Waals surface area contributed by atoms with Crippen LogP contribution in [0.5, 0.6) is 0 Å². The Morgan fingerprint density at radius 1 is 1.00 bits per heavy atom. The predicted molar refractivity (Wildman–Crippen MR) is 128 cm³/mol. The molecule has 1 aliphatic heterocycles. The first-order valence-corrected chi connectivity index (χ1v) is 11.3. The summed E-state index contributed by atoms with van der Waals surface area (Å²) in [6, 6.07) is 20.4. The number of halogens is 1. The molecule has 0 aliphatic carbocycles. The molecule has 0 bridgehead atoms. The summed E-state index contributed by atoms with van der Waals surface area (Å²) < 4.78 is 2.69. The van der Waals surface area contributed by atoms with Gasteiger partial charge in [0.05, 0.1) is 17.4 Å². The van der Waals surface area contributed by atoms with E-state index in [-0.39, 0.29) is 5.91 Å². The lowest BCUT2D eigenvalue weighted by atomic mass is 10.00. The number of carbonyl (C=O) groups is 1. The molecule has 1 aliphatic rings. The van der Waals surface area contributed by atoms with Gasteiger partial charge in [-0.2, -0.15) is 5.10 Å². The fraction of sp³-hybridized carbons (Fsp3) is 0.160. The van der Waals surface area contributed by atoms with E-state index in [0.717, 1.165) is 41.1 Å². The molecule has 0 spiro atoms. The van der Waals surface area contributed by atoms with Crippen LogP contribution >= 0.6 is 15.9 Å². The Kier molecular flexibility index (Phi) is 5.73. The Morgan fingerprint density at radius 2 is 1.81 bits per heavy atom. The summed E-state index contributed by atoms with van der Waals surface area (Å²) in [4.78, 5) is 19.5. The van der Waals surface area contributed by atoms with E-state index >= 15 is 0 Å². The molecule has 4 aromatic rings. The number of fused-ring (bicyclic) bond motifs is 1. The molecule has 0 atom stereocenters. The van der Waals surface area contributed by atoms with E-state index in [0.29, 0.717) is 12.1 Å². The quantitative estimate of drug-likeness (QED) is 0.449. The van der Waals surface area contributed by atoms with E-state index in [9.17, 15) is 4.79 Å². The van der Waals surface area contributed by atoms with Crippen molar-refractivity contribution < 1.29 is 4.79 Å².